The number of ether oxygens (including phenoxy) is 1. The number of hydrogen-bond acceptors (Lipinski definition) is 4. The van der Waals surface area contributed by atoms with E-state index >= 15 is 0 Å². The van der Waals surface area contributed by atoms with E-state index in [1.165, 1.54) is 12.8 Å². The Morgan fingerprint density at radius 1 is 1.23 bits per heavy atom. The fourth-order valence-electron chi connectivity index (χ4n) is 3.33. The lowest BCUT2D eigenvalue weighted by Gasteiger charge is -2.26. The number of rotatable bonds is 9. The number of carbonyl (C=O) groups is 1. The predicted octanol–water partition coefficient (Wildman–Crippen LogP) is 4.03. The van der Waals surface area contributed by atoms with E-state index in [0.29, 0.717) is 24.5 Å². The number of benzene rings is 1. The van der Waals surface area contributed by atoms with Crippen molar-refractivity contribution in [3.63, 3.8) is 0 Å². The van der Waals surface area contributed by atoms with E-state index in [9.17, 15) is 4.79 Å². The molecule has 1 aliphatic rings. The molecule has 3 rings (SSSR count). The fraction of sp³-hybridized carbons (Fsp3) is 0.476. The lowest BCUT2D eigenvalue weighted by atomic mass is 10.1. The molecular weight excluding hydrogens is 328 g/mol. The number of likely N-dealkylation sites (tertiary alicyclic amines) is 1. The van der Waals surface area contributed by atoms with Crippen LogP contribution < -0.4 is 10.1 Å². The second-order valence-corrected chi connectivity index (χ2v) is 6.68. The van der Waals surface area contributed by atoms with Gasteiger partial charge in [-0.05, 0) is 56.6 Å². The first-order valence-electron chi connectivity index (χ1n) is 9.57. The summed E-state index contributed by atoms with van der Waals surface area (Å²) in [5.74, 6) is 1.45. The van der Waals surface area contributed by atoms with Crippen LogP contribution in [0.3, 0.4) is 0 Å². The Morgan fingerprint density at radius 3 is 2.77 bits per heavy atom. The SMILES string of the molecule is CCCCOc1ccccc1C(=O)NCC(c1ccco1)N1CCCC1. The zero-order valence-electron chi connectivity index (χ0n) is 15.4. The standard InChI is InChI=1S/C21H28N2O3/c1-2-3-14-25-19-10-5-4-9-17(19)21(24)22-16-18(20-11-8-15-26-20)23-12-6-7-13-23/h4-5,8-11,15,18H,2-3,6-7,12-14,16H2,1H3,(H,22,24). The third-order valence-electron chi connectivity index (χ3n) is 4.80. The molecule has 5 nitrogen and oxygen atoms in total. The van der Waals surface area contributed by atoms with Crippen molar-refractivity contribution >= 4 is 5.91 Å². The van der Waals surface area contributed by atoms with Crippen LogP contribution >= 0.6 is 0 Å². The van der Waals surface area contributed by atoms with E-state index in [-0.39, 0.29) is 11.9 Å². The molecule has 2 aromatic rings. The lowest BCUT2D eigenvalue weighted by Crippen LogP contribution is -2.36. The quantitative estimate of drug-likeness (QED) is 0.689. The van der Waals surface area contributed by atoms with Crippen molar-refractivity contribution in [3.8, 4) is 5.75 Å². The van der Waals surface area contributed by atoms with Crippen molar-refractivity contribution in [2.24, 2.45) is 0 Å². The zero-order valence-corrected chi connectivity index (χ0v) is 15.4. The molecule has 0 saturated carbocycles. The van der Waals surface area contributed by atoms with Gasteiger partial charge in [0.1, 0.15) is 11.5 Å². The Morgan fingerprint density at radius 2 is 2.04 bits per heavy atom. The first kappa shape index (κ1) is 18.5. The van der Waals surface area contributed by atoms with Gasteiger partial charge in [0.25, 0.3) is 5.91 Å². The fourth-order valence-corrected chi connectivity index (χ4v) is 3.33. The summed E-state index contributed by atoms with van der Waals surface area (Å²) in [5, 5.41) is 3.07. The number of furan rings is 1. The van der Waals surface area contributed by atoms with Gasteiger partial charge in [-0.25, -0.2) is 0 Å². The van der Waals surface area contributed by atoms with Gasteiger partial charge >= 0.3 is 0 Å². The summed E-state index contributed by atoms with van der Waals surface area (Å²) in [6.07, 6.45) is 6.12. The van der Waals surface area contributed by atoms with Crippen LogP contribution in [0.5, 0.6) is 5.75 Å². The molecule has 140 valence electrons. The van der Waals surface area contributed by atoms with Crippen molar-refractivity contribution in [1.82, 2.24) is 10.2 Å². The van der Waals surface area contributed by atoms with Gasteiger partial charge in [-0.15, -0.1) is 0 Å². The van der Waals surface area contributed by atoms with Crippen LogP contribution in [0.4, 0.5) is 0 Å². The van der Waals surface area contributed by atoms with Crippen molar-refractivity contribution in [3.05, 3.63) is 54.0 Å². The van der Waals surface area contributed by atoms with Gasteiger partial charge in [0.2, 0.25) is 0 Å². The average molecular weight is 356 g/mol. The number of hydrogen-bond donors (Lipinski definition) is 1. The summed E-state index contributed by atoms with van der Waals surface area (Å²) in [7, 11) is 0. The van der Waals surface area contributed by atoms with E-state index < -0.39 is 0 Å². The Balaban J connectivity index is 1.65. The lowest BCUT2D eigenvalue weighted by molar-refractivity contribution is 0.0929. The number of amides is 1. The molecule has 1 fully saturated rings. The molecule has 5 heteroatoms. The molecule has 0 bridgehead atoms. The monoisotopic (exact) mass is 356 g/mol. The van der Waals surface area contributed by atoms with Gasteiger partial charge < -0.3 is 14.5 Å². The molecule has 1 aliphatic heterocycles. The first-order valence-corrected chi connectivity index (χ1v) is 9.57. The van der Waals surface area contributed by atoms with E-state index in [4.69, 9.17) is 9.15 Å². The minimum Gasteiger partial charge on any atom is -0.493 e. The van der Waals surface area contributed by atoms with Crippen molar-refractivity contribution in [2.45, 2.75) is 38.6 Å². The van der Waals surface area contributed by atoms with Crippen LogP contribution in [0.2, 0.25) is 0 Å². The van der Waals surface area contributed by atoms with Crippen LogP contribution in [-0.2, 0) is 0 Å². The smallest absolute Gasteiger partial charge is 0.255 e. The van der Waals surface area contributed by atoms with Gasteiger partial charge in [-0.3, -0.25) is 9.69 Å². The van der Waals surface area contributed by atoms with E-state index in [1.807, 2.05) is 36.4 Å². The van der Waals surface area contributed by atoms with Crippen LogP contribution in [0.1, 0.15) is 54.8 Å². The molecule has 1 atom stereocenters. The van der Waals surface area contributed by atoms with Crippen LogP contribution in [0.25, 0.3) is 0 Å². The summed E-state index contributed by atoms with van der Waals surface area (Å²) >= 11 is 0. The molecule has 0 spiro atoms. The maximum atomic E-state index is 12.7. The summed E-state index contributed by atoms with van der Waals surface area (Å²) < 4.78 is 11.4. The van der Waals surface area contributed by atoms with E-state index in [2.05, 4.69) is 17.1 Å². The molecule has 1 N–H and O–H groups in total. The molecule has 26 heavy (non-hydrogen) atoms. The van der Waals surface area contributed by atoms with Gasteiger partial charge in [-0.2, -0.15) is 0 Å². The topological polar surface area (TPSA) is 54.7 Å². The maximum absolute atomic E-state index is 12.7. The van der Waals surface area contributed by atoms with Crippen molar-refractivity contribution < 1.29 is 13.9 Å². The van der Waals surface area contributed by atoms with Crippen molar-refractivity contribution in [1.29, 1.82) is 0 Å². The summed E-state index contributed by atoms with van der Waals surface area (Å²) in [6.45, 7) is 5.35. The number of unbranched alkanes of at least 4 members (excludes halogenated alkanes) is 1. The predicted molar refractivity (Wildman–Crippen MR) is 101 cm³/mol. The van der Waals surface area contributed by atoms with Crippen LogP contribution in [0, 0.1) is 0 Å². The Kier molecular flexibility index (Phi) is 6.72. The Labute approximate surface area is 155 Å². The van der Waals surface area contributed by atoms with Crippen LogP contribution in [0.15, 0.2) is 47.1 Å². The molecule has 1 saturated heterocycles. The van der Waals surface area contributed by atoms with E-state index in [1.54, 1.807) is 6.26 Å². The highest BCUT2D eigenvalue weighted by Crippen LogP contribution is 2.25. The third-order valence-corrected chi connectivity index (χ3v) is 4.80. The molecule has 0 radical (unpaired) electrons. The highest BCUT2D eigenvalue weighted by Gasteiger charge is 2.26. The minimum absolute atomic E-state index is 0.0737. The van der Waals surface area contributed by atoms with Gasteiger partial charge in [0.05, 0.1) is 24.5 Å². The summed E-state index contributed by atoms with van der Waals surface area (Å²) in [4.78, 5) is 15.1. The molecule has 1 aromatic carbocycles. The number of carbonyl (C=O) groups excluding carboxylic acids is 1. The molecule has 2 heterocycles. The van der Waals surface area contributed by atoms with Gasteiger partial charge in [0.15, 0.2) is 0 Å². The molecule has 1 amide bonds. The summed E-state index contributed by atoms with van der Waals surface area (Å²) in [6, 6.07) is 11.4. The molecule has 1 aromatic heterocycles. The van der Waals surface area contributed by atoms with Gasteiger partial charge in [-0.1, -0.05) is 25.5 Å². The van der Waals surface area contributed by atoms with Crippen LogP contribution in [-0.4, -0.2) is 37.0 Å². The third kappa shape index (κ3) is 4.67. The second kappa shape index (κ2) is 9.43. The molecule has 1 unspecified atom stereocenters. The van der Waals surface area contributed by atoms with E-state index in [0.717, 1.165) is 31.7 Å². The van der Waals surface area contributed by atoms with Crippen molar-refractivity contribution in [2.75, 3.05) is 26.2 Å². The highest BCUT2D eigenvalue weighted by atomic mass is 16.5. The Hall–Kier alpha value is -2.27. The van der Waals surface area contributed by atoms with Gasteiger partial charge in [0, 0.05) is 6.54 Å². The zero-order chi connectivity index (χ0) is 18.2. The number of para-hydroxylation sites is 1. The first-order chi connectivity index (χ1) is 12.8. The highest BCUT2D eigenvalue weighted by molar-refractivity contribution is 5.96. The summed E-state index contributed by atoms with van der Waals surface area (Å²) in [5.41, 5.74) is 0.586. The second-order valence-electron chi connectivity index (χ2n) is 6.68. The number of nitrogens with zero attached hydrogens (tertiary/aromatic N) is 1. The largest absolute Gasteiger partial charge is 0.493 e. The number of nitrogens with one attached hydrogen (secondary N) is 1. The normalized spacial score (nSPS) is 15.7. The minimum atomic E-state index is -0.104. The molecule has 0 aliphatic carbocycles. The average Bonchev–Trinajstić information content (AvgIpc) is 3.37. The Bertz CT molecular complexity index is 678. The maximum Gasteiger partial charge on any atom is 0.255 e. The molecular formula is C21H28N2O3.